The van der Waals surface area contributed by atoms with Crippen molar-refractivity contribution in [1.82, 2.24) is 0 Å². The number of nitrogens with one attached hydrogen (secondary N) is 2. The molecule has 6 rings (SSSR count). The highest BCUT2D eigenvalue weighted by atomic mass is 35.5. The Morgan fingerprint density at radius 3 is 2.00 bits per heavy atom. The SMILES string of the molecule is CNc1ccc(C(c2ccc(N(C)c3c(C)cc(C)cc3C)cc2)c2ccc(NC3CCCCC3Cl)c3ccccc23)cc1. The van der Waals surface area contributed by atoms with E-state index in [0.717, 1.165) is 18.5 Å². The molecule has 3 unspecified atom stereocenters. The summed E-state index contributed by atoms with van der Waals surface area (Å²) in [6.45, 7) is 6.57. The Balaban J connectivity index is 1.42. The van der Waals surface area contributed by atoms with E-state index in [4.69, 9.17) is 11.6 Å². The first-order chi connectivity index (χ1) is 21.3. The molecule has 0 aliphatic heterocycles. The zero-order valence-electron chi connectivity index (χ0n) is 26.6. The van der Waals surface area contributed by atoms with Crippen LogP contribution in [-0.2, 0) is 0 Å². The molecule has 1 aliphatic rings. The smallest absolute Gasteiger partial charge is 0.0537 e. The fraction of sp³-hybridized carbons (Fsp3) is 0.300. The second-order valence-electron chi connectivity index (χ2n) is 12.5. The minimum absolute atomic E-state index is 0.0810. The van der Waals surface area contributed by atoms with Crippen molar-refractivity contribution in [2.24, 2.45) is 0 Å². The van der Waals surface area contributed by atoms with Gasteiger partial charge in [-0.2, -0.15) is 0 Å². The topological polar surface area (TPSA) is 27.3 Å². The molecule has 5 aromatic carbocycles. The maximum absolute atomic E-state index is 6.78. The molecule has 4 heteroatoms. The third-order valence-electron chi connectivity index (χ3n) is 9.41. The molecule has 0 saturated heterocycles. The zero-order valence-corrected chi connectivity index (χ0v) is 27.4. The molecule has 5 aromatic rings. The monoisotopic (exact) mass is 601 g/mol. The van der Waals surface area contributed by atoms with Gasteiger partial charge in [-0.05, 0) is 97.1 Å². The predicted molar refractivity (Wildman–Crippen MR) is 192 cm³/mol. The van der Waals surface area contributed by atoms with Crippen LogP contribution in [0, 0.1) is 20.8 Å². The van der Waals surface area contributed by atoms with Gasteiger partial charge in [-0.3, -0.25) is 0 Å². The molecule has 0 spiro atoms. The molecule has 226 valence electrons. The van der Waals surface area contributed by atoms with Crippen LogP contribution < -0.4 is 15.5 Å². The van der Waals surface area contributed by atoms with E-state index in [0.29, 0.717) is 6.04 Å². The molecule has 0 radical (unpaired) electrons. The van der Waals surface area contributed by atoms with Gasteiger partial charge in [0, 0.05) is 54.2 Å². The van der Waals surface area contributed by atoms with Gasteiger partial charge in [-0.15, -0.1) is 11.6 Å². The van der Waals surface area contributed by atoms with Crippen molar-refractivity contribution < 1.29 is 0 Å². The Labute approximate surface area is 268 Å². The first-order valence-electron chi connectivity index (χ1n) is 16.0. The Kier molecular flexibility index (Phi) is 8.86. The summed E-state index contributed by atoms with van der Waals surface area (Å²) in [5, 5.41) is 9.80. The summed E-state index contributed by atoms with van der Waals surface area (Å²) in [6, 6.07) is 36.3. The van der Waals surface area contributed by atoms with Gasteiger partial charge in [0.25, 0.3) is 0 Å². The van der Waals surface area contributed by atoms with Crippen molar-refractivity contribution in [3.8, 4) is 0 Å². The number of rotatable bonds is 8. The van der Waals surface area contributed by atoms with E-state index in [1.165, 1.54) is 74.1 Å². The number of hydrogen-bond donors (Lipinski definition) is 2. The van der Waals surface area contributed by atoms with E-state index in [2.05, 4.69) is 140 Å². The highest BCUT2D eigenvalue weighted by molar-refractivity contribution is 6.21. The van der Waals surface area contributed by atoms with Crippen molar-refractivity contribution in [3.05, 3.63) is 130 Å². The van der Waals surface area contributed by atoms with Crippen LogP contribution in [0.1, 0.15) is 65.0 Å². The molecule has 3 atom stereocenters. The van der Waals surface area contributed by atoms with E-state index in [1.54, 1.807) is 0 Å². The number of hydrogen-bond acceptors (Lipinski definition) is 3. The summed E-state index contributed by atoms with van der Waals surface area (Å²) in [6.07, 6.45) is 4.65. The van der Waals surface area contributed by atoms with Crippen molar-refractivity contribution in [2.45, 2.75) is 63.8 Å². The average Bonchev–Trinajstić information content (AvgIpc) is 3.03. The fourth-order valence-electron chi connectivity index (χ4n) is 7.26. The Morgan fingerprint density at radius 1 is 0.750 bits per heavy atom. The van der Waals surface area contributed by atoms with Gasteiger partial charge in [0.05, 0.1) is 5.38 Å². The third kappa shape index (κ3) is 6.03. The Morgan fingerprint density at radius 2 is 1.36 bits per heavy atom. The minimum Gasteiger partial charge on any atom is -0.388 e. The maximum Gasteiger partial charge on any atom is 0.0537 e. The molecular formula is C40H44ClN3. The highest BCUT2D eigenvalue weighted by Crippen LogP contribution is 2.41. The summed E-state index contributed by atoms with van der Waals surface area (Å²) in [7, 11) is 4.14. The molecule has 0 bridgehead atoms. The van der Waals surface area contributed by atoms with E-state index in [9.17, 15) is 0 Å². The van der Waals surface area contributed by atoms with Crippen LogP contribution in [-0.4, -0.2) is 25.5 Å². The van der Waals surface area contributed by atoms with Crippen molar-refractivity contribution in [1.29, 1.82) is 0 Å². The lowest BCUT2D eigenvalue weighted by Crippen LogP contribution is -2.32. The average molecular weight is 602 g/mol. The third-order valence-corrected chi connectivity index (χ3v) is 9.93. The van der Waals surface area contributed by atoms with E-state index in [-0.39, 0.29) is 11.3 Å². The second kappa shape index (κ2) is 13.0. The van der Waals surface area contributed by atoms with Crippen LogP contribution in [0.4, 0.5) is 22.7 Å². The van der Waals surface area contributed by atoms with Crippen LogP contribution in [0.3, 0.4) is 0 Å². The number of anilines is 4. The fourth-order valence-corrected chi connectivity index (χ4v) is 7.61. The second-order valence-corrected chi connectivity index (χ2v) is 13.1. The summed E-state index contributed by atoms with van der Waals surface area (Å²) < 4.78 is 0. The van der Waals surface area contributed by atoms with Gasteiger partial charge in [0.2, 0.25) is 0 Å². The summed E-state index contributed by atoms with van der Waals surface area (Å²) >= 11 is 6.78. The molecule has 0 aromatic heterocycles. The van der Waals surface area contributed by atoms with Gasteiger partial charge in [0.1, 0.15) is 0 Å². The predicted octanol–water partition coefficient (Wildman–Crippen LogP) is 10.7. The van der Waals surface area contributed by atoms with Gasteiger partial charge in [-0.1, -0.05) is 85.1 Å². The number of fused-ring (bicyclic) bond motifs is 1. The molecule has 3 nitrogen and oxygen atoms in total. The molecule has 2 N–H and O–H groups in total. The lowest BCUT2D eigenvalue weighted by molar-refractivity contribution is 0.470. The quantitative estimate of drug-likeness (QED) is 0.137. The number of aryl methyl sites for hydroxylation is 3. The summed E-state index contributed by atoms with van der Waals surface area (Å²) in [5.74, 6) is 0.0810. The number of benzene rings is 5. The van der Waals surface area contributed by atoms with Crippen molar-refractivity contribution in [3.63, 3.8) is 0 Å². The largest absolute Gasteiger partial charge is 0.388 e. The standard InChI is InChI=1S/C40H44ClN3/c1-26-24-27(2)40(28(3)25-26)44(5)32-20-16-30(17-21-32)39(29-14-18-31(42-4)19-15-29)35-22-23-37(34-11-7-6-10-33(34)35)43-38-13-9-8-12-36(38)41/h6-7,10-11,14-25,36,38-39,42-43H,8-9,12-13H2,1-5H3. The van der Waals surface area contributed by atoms with Crippen LogP contribution in [0.15, 0.2) is 97.1 Å². The summed E-state index contributed by atoms with van der Waals surface area (Å²) in [4.78, 5) is 2.32. The normalized spacial score (nSPS) is 17.3. The maximum atomic E-state index is 6.78. The molecule has 1 fully saturated rings. The number of alkyl halides is 1. The van der Waals surface area contributed by atoms with E-state index < -0.39 is 0 Å². The Hall–Kier alpha value is -3.95. The molecule has 1 saturated carbocycles. The van der Waals surface area contributed by atoms with Crippen LogP contribution in [0.25, 0.3) is 10.8 Å². The first kappa shape index (κ1) is 30.1. The lowest BCUT2D eigenvalue weighted by Gasteiger charge is -2.30. The van der Waals surface area contributed by atoms with Crippen molar-refractivity contribution in [2.75, 3.05) is 29.6 Å². The van der Waals surface area contributed by atoms with Gasteiger partial charge < -0.3 is 15.5 Å². The number of halogens is 1. The van der Waals surface area contributed by atoms with Crippen LogP contribution >= 0.6 is 11.6 Å². The van der Waals surface area contributed by atoms with E-state index >= 15 is 0 Å². The van der Waals surface area contributed by atoms with Crippen LogP contribution in [0.5, 0.6) is 0 Å². The first-order valence-corrected chi connectivity index (χ1v) is 16.4. The van der Waals surface area contributed by atoms with Gasteiger partial charge >= 0.3 is 0 Å². The summed E-state index contributed by atoms with van der Waals surface area (Å²) in [5.41, 5.74) is 12.5. The molecule has 44 heavy (non-hydrogen) atoms. The van der Waals surface area contributed by atoms with Crippen molar-refractivity contribution >= 4 is 45.1 Å². The van der Waals surface area contributed by atoms with Gasteiger partial charge in [0.15, 0.2) is 0 Å². The van der Waals surface area contributed by atoms with E-state index in [1.807, 2.05) is 7.05 Å². The molecular weight excluding hydrogens is 558 g/mol. The molecule has 1 aliphatic carbocycles. The molecule has 0 amide bonds. The lowest BCUT2D eigenvalue weighted by atomic mass is 9.82. The highest BCUT2D eigenvalue weighted by Gasteiger charge is 2.25. The zero-order chi connectivity index (χ0) is 30.8. The van der Waals surface area contributed by atoms with Gasteiger partial charge in [-0.25, -0.2) is 0 Å². The Bertz CT molecular complexity index is 1720. The number of nitrogens with zero attached hydrogens (tertiary/aromatic N) is 1. The minimum atomic E-state index is 0.0810. The van der Waals surface area contributed by atoms with Crippen LogP contribution in [0.2, 0.25) is 0 Å². The molecule has 0 heterocycles.